The first-order valence-corrected chi connectivity index (χ1v) is 16.1. The van der Waals surface area contributed by atoms with E-state index in [0.29, 0.717) is 67.0 Å². The Bertz CT molecular complexity index is 2180. The van der Waals surface area contributed by atoms with Gasteiger partial charge in [0.2, 0.25) is 17.8 Å². The van der Waals surface area contributed by atoms with E-state index >= 15 is 0 Å². The van der Waals surface area contributed by atoms with Gasteiger partial charge in [-0.15, -0.1) is 0 Å². The molecule has 0 atom stereocenters. The van der Waals surface area contributed by atoms with Crippen LogP contribution in [0.5, 0.6) is 0 Å². The van der Waals surface area contributed by atoms with E-state index in [1.807, 2.05) is 62.0 Å². The molecule has 6 aromatic rings. The van der Waals surface area contributed by atoms with Crippen LogP contribution in [0.3, 0.4) is 0 Å². The smallest absolute Gasteiger partial charge is 0.276 e. The van der Waals surface area contributed by atoms with Gasteiger partial charge in [0.25, 0.3) is 11.8 Å². The maximum absolute atomic E-state index is 13.4. The summed E-state index contributed by atoms with van der Waals surface area (Å²) in [6, 6.07) is 14.5. The Kier molecular flexibility index (Phi) is 8.80. The standard InChI is InChI=1S/C34H39N11O3/c1-6-44-27(17-21(4)40-44)31(47)38-33-37-25-19-23(30(35)46)13-14-26(25)42(33)15-8-9-16-43-29-20(3)11-10-12-24(29)36-34(43)39-32(48)28-18-22(5)41-45(28)7-2/h10-14,17-19H,6-9,15-16H2,1-5H3,(H2,35,46)(H,36,39,48)(H,37,38,47). The van der Waals surface area contributed by atoms with Crippen LogP contribution in [0.25, 0.3) is 22.1 Å². The molecule has 3 amide bonds. The minimum Gasteiger partial charge on any atom is -0.366 e. The number of amides is 3. The number of nitrogens with zero attached hydrogens (tertiary/aromatic N) is 8. The maximum Gasteiger partial charge on any atom is 0.276 e. The summed E-state index contributed by atoms with van der Waals surface area (Å²) in [4.78, 5) is 48.1. The third-order valence-electron chi connectivity index (χ3n) is 8.33. The number of fused-ring (bicyclic) bond motifs is 2. The highest BCUT2D eigenvalue weighted by atomic mass is 16.2. The second-order valence-corrected chi connectivity index (χ2v) is 11.8. The summed E-state index contributed by atoms with van der Waals surface area (Å²) in [7, 11) is 0. The Morgan fingerprint density at radius 1 is 0.729 bits per heavy atom. The van der Waals surface area contributed by atoms with Crippen molar-refractivity contribution in [2.75, 3.05) is 10.6 Å². The molecule has 0 saturated carbocycles. The molecule has 0 bridgehead atoms. The zero-order valence-corrected chi connectivity index (χ0v) is 27.7. The average molecular weight is 650 g/mol. The van der Waals surface area contributed by atoms with Crippen LogP contribution >= 0.6 is 0 Å². The number of rotatable bonds is 12. The van der Waals surface area contributed by atoms with Gasteiger partial charge in [-0.2, -0.15) is 10.2 Å². The zero-order chi connectivity index (χ0) is 34.1. The first-order valence-electron chi connectivity index (χ1n) is 16.1. The van der Waals surface area contributed by atoms with Crippen molar-refractivity contribution >= 4 is 51.7 Å². The van der Waals surface area contributed by atoms with E-state index in [1.165, 1.54) is 0 Å². The minimum absolute atomic E-state index is 0.271. The van der Waals surface area contributed by atoms with Crippen molar-refractivity contribution in [2.45, 2.75) is 73.6 Å². The van der Waals surface area contributed by atoms with Gasteiger partial charge in [0.1, 0.15) is 11.4 Å². The van der Waals surface area contributed by atoms with Crippen LogP contribution in [-0.4, -0.2) is 56.4 Å². The molecule has 0 fully saturated rings. The number of anilines is 2. The fourth-order valence-electron chi connectivity index (χ4n) is 6.09. The van der Waals surface area contributed by atoms with Crippen LogP contribution < -0.4 is 16.4 Å². The molecule has 0 unspecified atom stereocenters. The molecule has 0 saturated heterocycles. The van der Waals surface area contributed by atoms with Crippen molar-refractivity contribution < 1.29 is 14.4 Å². The zero-order valence-electron chi connectivity index (χ0n) is 27.7. The number of aromatic nitrogens is 8. The van der Waals surface area contributed by atoms with Crippen LogP contribution in [0.1, 0.15) is 75.0 Å². The summed E-state index contributed by atoms with van der Waals surface area (Å²) in [6.45, 7) is 11.8. The van der Waals surface area contributed by atoms with Gasteiger partial charge >= 0.3 is 0 Å². The number of para-hydroxylation sites is 1. The van der Waals surface area contributed by atoms with Crippen molar-refractivity contribution in [3.63, 3.8) is 0 Å². The number of imidazole rings is 2. The van der Waals surface area contributed by atoms with Crippen LogP contribution in [0, 0.1) is 20.8 Å². The second kappa shape index (κ2) is 13.1. The van der Waals surface area contributed by atoms with Crippen molar-refractivity contribution in [3.8, 4) is 0 Å². The largest absolute Gasteiger partial charge is 0.366 e. The van der Waals surface area contributed by atoms with Crippen LogP contribution in [0.4, 0.5) is 11.9 Å². The molecule has 0 radical (unpaired) electrons. The summed E-state index contributed by atoms with van der Waals surface area (Å²) >= 11 is 0. The number of unbranched alkanes of at least 4 members (excludes halogenated alkanes) is 1. The summed E-state index contributed by atoms with van der Waals surface area (Å²) in [5.74, 6) is -0.331. The Morgan fingerprint density at radius 2 is 1.29 bits per heavy atom. The molecule has 4 aromatic heterocycles. The quantitative estimate of drug-likeness (QED) is 0.159. The summed E-state index contributed by atoms with van der Waals surface area (Å²) in [6.07, 6.45) is 1.43. The van der Waals surface area contributed by atoms with Gasteiger partial charge in [0, 0.05) is 31.7 Å². The lowest BCUT2D eigenvalue weighted by atomic mass is 10.2. The molecule has 6 rings (SSSR count). The predicted octanol–water partition coefficient (Wildman–Crippen LogP) is 4.83. The highest BCUT2D eigenvalue weighted by Crippen LogP contribution is 2.26. The lowest BCUT2D eigenvalue weighted by Crippen LogP contribution is -2.20. The lowest BCUT2D eigenvalue weighted by Gasteiger charge is -2.13. The van der Waals surface area contributed by atoms with Gasteiger partial charge in [-0.1, -0.05) is 12.1 Å². The molecule has 4 heterocycles. The molecule has 0 spiro atoms. The van der Waals surface area contributed by atoms with Gasteiger partial charge in [0.15, 0.2) is 0 Å². The summed E-state index contributed by atoms with van der Waals surface area (Å²) in [5, 5.41) is 14.8. The Morgan fingerprint density at radius 3 is 1.88 bits per heavy atom. The van der Waals surface area contributed by atoms with E-state index < -0.39 is 5.91 Å². The van der Waals surface area contributed by atoms with Crippen molar-refractivity contribution in [1.82, 2.24) is 38.7 Å². The maximum atomic E-state index is 13.4. The number of hydrogen-bond donors (Lipinski definition) is 3. The van der Waals surface area contributed by atoms with E-state index in [0.717, 1.165) is 39.9 Å². The molecule has 0 aliphatic heterocycles. The summed E-state index contributed by atoms with van der Waals surface area (Å²) in [5.41, 5.74) is 12.4. The number of benzene rings is 2. The van der Waals surface area contributed by atoms with E-state index in [9.17, 15) is 14.4 Å². The lowest BCUT2D eigenvalue weighted by molar-refractivity contribution is 0.0995. The topological polar surface area (TPSA) is 173 Å². The first kappa shape index (κ1) is 32.2. The SMILES string of the molecule is CCn1nc(C)cc1C(=O)Nc1nc2cc(C(N)=O)ccc2n1CCCCn1c(NC(=O)c2cc(C)nn2CC)nc2cccc(C)c21. The van der Waals surface area contributed by atoms with Crippen molar-refractivity contribution in [1.29, 1.82) is 0 Å². The second-order valence-electron chi connectivity index (χ2n) is 11.8. The number of aryl methyl sites for hydroxylation is 7. The van der Waals surface area contributed by atoms with E-state index in [4.69, 9.17) is 10.7 Å². The number of hydrogen-bond acceptors (Lipinski definition) is 7. The molecule has 248 valence electrons. The molecule has 4 N–H and O–H groups in total. The third kappa shape index (κ3) is 6.16. The monoisotopic (exact) mass is 649 g/mol. The molecule has 14 nitrogen and oxygen atoms in total. The fourth-order valence-corrected chi connectivity index (χ4v) is 6.09. The Hall–Kier alpha value is -5.79. The van der Waals surface area contributed by atoms with Gasteiger partial charge in [-0.05, 0) is 89.4 Å². The fraction of sp³-hybridized carbons (Fsp3) is 0.324. The molecular formula is C34H39N11O3. The molecule has 14 heteroatoms. The van der Waals surface area contributed by atoms with Gasteiger partial charge < -0.3 is 14.9 Å². The van der Waals surface area contributed by atoms with Crippen LogP contribution in [0.15, 0.2) is 48.5 Å². The molecule has 48 heavy (non-hydrogen) atoms. The highest BCUT2D eigenvalue weighted by Gasteiger charge is 2.21. The number of nitrogens with one attached hydrogen (secondary N) is 2. The van der Waals surface area contributed by atoms with E-state index in [1.54, 1.807) is 39.7 Å². The highest BCUT2D eigenvalue weighted by molar-refractivity contribution is 6.04. The Labute approximate surface area is 276 Å². The third-order valence-corrected chi connectivity index (χ3v) is 8.33. The Balaban J connectivity index is 1.25. The van der Waals surface area contributed by atoms with Crippen LogP contribution in [-0.2, 0) is 26.2 Å². The predicted molar refractivity (Wildman–Crippen MR) is 183 cm³/mol. The molecule has 0 aliphatic carbocycles. The molecule has 0 aliphatic rings. The molecule has 2 aromatic carbocycles. The molecular weight excluding hydrogens is 610 g/mol. The van der Waals surface area contributed by atoms with E-state index in [2.05, 4.69) is 25.8 Å². The van der Waals surface area contributed by atoms with Gasteiger partial charge in [-0.3, -0.25) is 34.4 Å². The number of primary amides is 1. The number of carbonyl (C=O) groups is 3. The van der Waals surface area contributed by atoms with Gasteiger partial charge in [-0.25, -0.2) is 9.97 Å². The minimum atomic E-state index is -0.556. The van der Waals surface area contributed by atoms with Gasteiger partial charge in [0.05, 0.1) is 33.5 Å². The summed E-state index contributed by atoms with van der Waals surface area (Å²) < 4.78 is 7.31. The average Bonchev–Trinajstić information content (AvgIpc) is 3.81. The first-order chi connectivity index (χ1) is 23.1. The normalized spacial score (nSPS) is 11.4. The van der Waals surface area contributed by atoms with Crippen molar-refractivity contribution in [2.24, 2.45) is 5.73 Å². The van der Waals surface area contributed by atoms with Crippen LogP contribution in [0.2, 0.25) is 0 Å². The number of carbonyl (C=O) groups excluding carboxylic acids is 3. The number of nitrogens with two attached hydrogens (primary N) is 1. The van der Waals surface area contributed by atoms with Crippen molar-refractivity contribution in [3.05, 3.63) is 82.4 Å². The van der Waals surface area contributed by atoms with E-state index in [-0.39, 0.29) is 11.8 Å².